The van der Waals surface area contributed by atoms with Crippen molar-refractivity contribution in [1.29, 1.82) is 0 Å². The minimum atomic E-state index is -1.09. The molecule has 0 bridgehead atoms. The Bertz CT molecular complexity index is 702. The molecule has 1 aromatic carbocycles. The Morgan fingerprint density at radius 2 is 1.91 bits per heavy atom. The predicted octanol–water partition coefficient (Wildman–Crippen LogP) is 3.38. The van der Waals surface area contributed by atoms with Gasteiger partial charge in [-0.2, -0.15) is 0 Å². The highest BCUT2D eigenvalue weighted by Crippen LogP contribution is 2.18. The molecule has 0 fully saturated rings. The Morgan fingerprint density at radius 1 is 1.18 bits per heavy atom. The fourth-order valence-corrected chi connectivity index (χ4v) is 2.95. The maximum atomic E-state index is 12.5. The molecule has 120 valence electrons. The second-order valence-corrected chi connectivity index (χ2v) is 12.7. The SMILES string of the molecule is CN(C)c1ccc2c(=O)n(COCC[Si](C)(C)C)ccc2c1. The van der Waals surface area contributed by atoms with Crippen LogP contribution < -0.4 is 10.5 Å². The number of hydrogen-bond acceptors (Lipinski definition) is 3. The Balaban J connectivity index is 2.14. The lowest BCUT2D eigenvalue weighted by Gasteiger charge is -2.16. The third-order valence-electron chi connectivity index (χ3n) is 3.70. The Labute approximate surface area is 133 Å². The van der Waals surface area contributed by atoms with Gasteiger partial charge in [0.05, 0.1) is 0 Å². The number of nitrogens with zero attached hydrogens (tertiary/aromatic N) is 2. The molecule has 0 atom stereocenters. The van der Waals surface area contributed by atoms with Gasteiger partial charge in [-0.15, -0.1) is 0 Å². The molecule has 22 heavy (non-hydrogen) atoms. The van der Waals surface area contributed by atoms with Gasteiger partial charge in [0.1, 0.15) is 6.73 Å². The molecule has 2 aromatic rings. The average molecular weight is 318 g/mol. The molecule has 0 amide bonds. The van der Waals surface area contributed by atoms with E-state index in [4.69, 9.17) is 4.74 Å². The quantitative estimate of drug-likeness (QED) is 0.605. The van der Waals surface area contributed by atoms with E-state index in [2.05, 4.69) is 19.6 Å². The zero-order chi connectivity index (χ0) is 16.3. The average Bonchev–Trinajstić information content (AvgIpc) is 2.44. The molecule has 0 aliphatic carbocycles. The summed E-state index contributed by atoms with van der Waals surface area (Å²) in [4.78, 5) is 14.5. The van der Waals surface area contributed by atoms with Crippen LogP contribution in [0.3, 0.4) is 0 Å². The number of aromatic nitrogens is 1. The highest BCUT2D eigenvalue weighted by molar-refractivity contribution is 6.76. The first-order chi connectivity index (χ1) is 10.3. The van der Waals surface area contributed by atoms with E-state index in [1.54, 1.807) is 4.57 Å². The van der Waals surface area contributed by atoms with E-state index in [1.165, 1.54) is 0 Å². The van der Waals surface area contributed by atoms with Crippen molar-refractivity contribution < 1.29 is 4.74 Å². The van der Waals surface area contributed by atoms with Crippen LogP contribution in [0.4, 0.5) is 5.69 Å². The number of ether oxygens (including phenoxy) is 1. The van der Waals surface area contributed by atoms with E-state index in [0.717, 1.165) is 29.1 Å². The molecule has 0 radical (unpaired) electrons. The molecular formula is C17H26N2O2Si. The van der Waals surface area contributed by atoms with Crippen LogP contribution in [0.25, 0.3) is 10.8 Å². The maximum Gasteiger partial charge on any atom is 0.260 e. The Hall–Kier alpha value is -1.59. The largest absolute Gasteiger partial charge is 0.378 e. The van der Waals surface area contributed by atoms with Gasteiger partial charge >= 0.3 is 0 Å². The van der Waals surface area contributed by atoms with Crippen molar-refractivity contribution in [3.63, 3.8) is 0 Å². The fourth-order valence-electron chi connectivity index (χ4n) is 2.20. The molecule has 0 unspecified atom stereocenters. The summed E-state index contributed by atoms with van der Waals surface area (Å²) < 4.78 is 7.32. The minimum absolute atomic E-state index is 0.0100. The molecule has 1 heterocycles. The van der Waals surface area contributed by atoms with E-state index < -0.39 is 8.07 Å². The summed E-state index contributed by atoms with van der Waals surface area (Å²) >= 11 is 0. The van der Waals surface area contributed by atoms with Crippen molar-refractivity contribution in [2.45, 2.75) is 32.4 Å². The first-order valence-corrected chi connectivity index (χ1v) is 11.4. The smallest absolute Gasteiger partial charge is 0.260 e. The summed E-state index contributed by atoms with van der Waals surface area (Å²) in [5.74, 6) is 0. The molecule has 5 heteroatoms. The monoisotopic (exact) mass is 318 g/mol. The summed E-state index contributed by atoms with van der Waals surface area (Å²) in [7, 11) is 2.90. The molecule has 0 aliphatic rings. The van der Waals surface area contributed by atoms with Crippen LogP contribution in [0.15, 0.2) is 35.3 Å². The molecule has 2 rings (SSSR count). The van der Waals surface area contributed by atoms with Crippen molar-refractivity contribution in [2.24, 2.45) is 0 Å². The van der Waals surface area contributed by atoms with Gasteiger partial charge in [-0.05, 0) is 35.7 Å². The van der Waals surface area contributed by atoms with Gasteiger partial charge in [0, 0.05) is 46.0 Å². The van der Waals surface area contributed by atoms with Gasteiger partial charge in [0.25, 0.3) is 5.56 Å². The van der Waals surface area contributed by atoms with Gasteiger partial charge in [-0.25, -0.2) is 0 Å². The topological polar surface area (TPSA) is 34.5 Å². The van der Waals surface area contributed by atoms with Crippen molar-refractivity contribution in [3.8, 4) is 0 Å². The first-order valence-electron chi connectivity index (χ1n) is 7.66. The summed E-state index contributed by atoms with van der Waals surface area (Å²) in [5, 5.41) is 1.71. The van der Waals surface area contributed by atoms with Crippen molar-refractivity contribution >= 4 is 24.5 Å². The molecule has 0 spiro atoms. The van der Waals surface area contributed by atoms with Gasteiger partial charge in [0.2, 0.25) is 0 Å². The van der Waals surface area contributed by atoms with Gasteiger partial charge in [0.15, 0.2) is 0 Å². The molecule has 1 aromatic heterocycles. The normalized spacial score (nSPS) is 11.9. The van der Waals surface area contributed by atoms with E-state index in [1.807, 2.05) is 49.5 Å². The molecule has 0 N–H and O–H groups in total. The first kappa shape index (κ1) is 16.8. The second kappa shape index (κ2) is 6.67. The highest BCUT2D eigenvalue weighted by atomic mass is 28.3. The van der Waals surface area contributed by atoms with E-state index in [9.17, 15) is 4.79 Å². The lowest BCUT2D eigenvalue weighted by Crippen LogP contribution is -2.24. The van der Waals surface area contributed by atoms with Crippen molar-refractivity contribution in [3.05, 3.63) is 40.8 Å². The van der Waals surface area contributed by atoms with Crippen LogP contribution in [0.1, 0.15) is 0 Å². The van der Waals surface area contributed by atoms with Crippen LogP contribution in [-0.4, -0.2) is 33.3 Å². The molecule has 0 saturated carbocycles. The van der Waals surface area contributed by atoms with E-state index >= 15 is 0 Å². The molecule has 0 saturated heterocycles. The standard InChI is InChI=1S/C17H26N2O2Si/c1-18(2)15-6-7-16-14(12-15)8-9-19(17(16)20)13-21-10-11-22(3,4)5/h6-9,12H,10-11,13H2,1-5H3. The summed E-state index contributed by atoms with van der Waals surface area (Å²) in [5.41, 5.74) is 1.10. The number of fused-ring (bicyclic) bond motifs is 1. The Kier molecular flexibility index (Phi) is 5.08. The maximum absolute atomic E-state index is 12.5. The van der Waals surface area contributed by atoms with Crippen molar-refractivity contribution in [1.82, 2.24) is 4.57 Å². The van der Waals surface area contributed by atoms with E-state index in [0.29, 0.717) is 6.73 Å². The lowest BCUT2D eigenvalue weighted by molar-refractivity contribution is 0.0851. The third kappa shape index (κ3) is 4.21. The number of hydrogen-bond donors (Lipinski definition) is 0. The van der Waals surface area contributed by atoms with Gasteiger partial charge < -0.3 is 9.64 Å². The fraction of sp³-hybridized carbons (Fsp3) is 0.471. The van der Waals surface area contributed by atoms with Crippen LogP contribution in [0.5, 0.6) is 0 Å². The van der Waals surface area contributed by atoms with Crippen LogP contribution in [0.2, 0.25) is 25.7 Å². The van der Waals surface area contributed by atoms with Gasteiger partial charge in [-0.1, -0.05) is 19.6 Å². The molecule has 0 aliphatic heterocycles. The van der Waals surface area contributed by atoms with Crippen molar-refractivity contribution in [2.75, 3.05) is 25.6 Å². The minimum Gasteiger partial charge on any atom is -0.378 e. The lowest BCUT2D eigenvalue weighted by atomic mass is 10.1. The second-order valence-electron chi connectivity index (χ2n) is 7.10. The molecule has 4 nitrogen and oxygen atoms in total. The zero-order valence-electron chi connectivity index (χ0n) is 14.2. The highest BCUT2D eigenvalue weighted by Gasteiger charge is 2.12. The number of pyridine rings is 1. The summed E-state index contributed by atoms with van der Waals surface area (Å²) in [6, 6.07) is 8.99. The van der Waals surface area contributed by atoms with Gasteiger partial charge in [-0.3, -0.25) is 9.36 Å². The number of benzene rings is 1. The zero-order valence-corrected chi connectivity index (χ0v) is 15.2. The van der Waals surface area contributed by atoms with Crippen LogP contribution in [-0.2, 0) is 11.5 Å². The summed E-state index contributed by atoms with van der Waals surface area (Å²) in [6.45, 7) is 8.01. The number of anilines is 1. The predicted molar refractivity (Wildman–Crippen MR) is 96.6 cm³/mol. The molecular weight excluding hydrogens is 292 g/mol. The van der Waals surface area contributed by atoms with Crippen LogP contribution >= 0.6 is 0 Å². The van der Waals surface area contributed by atoms with E-state index in [-0.39, 0.29) is 5.56 Å². The van der Waals surface area contributed by atoms with Crippen LogP contribution in [0, 0.1) is 0 Å². The Morgan fingerprint density at radius 3 is 2.55 bits per heavy atom. The third-order valence-corrected chi connectivity index (χ3v) is 5.41. The number of rotatable bonds is 6. The summed E-state index contributed by atoms with van der Waals surface area (Å²) in [6.07, 6.45) is 1.82.